The van der Waals surface area contributed by atoms with Crippen LogP contribution in [0.3, 0.4) is 0 Å². The molecule has 0 bridgehead atoms. The molecule has 1 aliphatic rings. The SMILES string of the molecule is CN(C)CCOc1ccc(Nc2nccc(-c3sc(N4CCCCC4)nc3-c3cccc(NC(=O)c4c(F)cccc4F)c3)n2)cc1Cl. The Bertz CT molecular complexity index is 1900. The number of thiazole rings is 1. The van der Waals surface area contributed by atoms with Gasteiger partial charge >= 0.3 is 0 Å². The highest BCUT2D eigenvalue weighted by Gasteiger charge is 2.23. The molecule has 5 aromatic rings. The minimum absolute atomic E-state index is 0.370. The Balaban J connectivity index is 1.29. The zero-order chi connectivity index (χ0) is 33.6. The zero-order valence-electron chi connectivity index (χ0n) is 26.5. The van der Waals surface area contributed by atoms with Crippen LogP contribution in [-0.4, -0.2) is 66.1 Å². The maximum atomic E-state index is 14.3. The van der Waals surface area contributed by atoms with Crippen molar-refractivity contribution in [3.05, 3.63) is 95.1 Å². The van der Waals surface area contributed by atoms with Gasteiger partial charge in [0.15, 0.2) is 5.13 Å². The first-order valence-corrected chi connectivity index (χ1v) is 16.7. The van der Waals surface area contributed by atoms with Crippen molar-refractivity contribution in [2.45, 2.75) is 19.3 Å². The van der Waals surface area contributed by atoms with E-state index in [1.54, 1.807) is 30.5 Å². The van der Waals surface area contributed by atoms with E-state index in [2.05, 4.69) is 20.5 Å². The van der Waals surface area contributed by atoms with Crippen LogP contribution >= 0.6 is 22.9 Å². The number of halogens is 3. The Morgan fingerprint density at radius 3 is 2.50 bits per heavy atom. The second-order valence-corrected chi connectivity index (χ2v) is 12.9. The number of nitrogens with zero attached hydrogens (tertiary/aromatic N) is 5. The molecule has 3 heterocycles. The second-order valence-electron chi connectivity index (χ2n) is 11.5. The average Bonchev–Trinajstić information content (AvgIpc) is 3.52. The first kappa shape index (κ1) is 33.3. The summed E-state index contributed by atoms with van der Waals surface area (Å²) in [5, 5.41) is 7.20. The van der Waals surface area contributed by atoms with Gasteiger partial charge in [-0.15, -0.1) is 0 Å². The number of carbonyl (C=O) groups is 1. The Hall–Kier alpha value is -4.65. The van der Waals surface area contributed by atoms with Crippen LogP contribution in [0.4, 0.5) is 31.2 Å². The van der Waals surface area contributed by atoms with Gasteiger partial charge in [-0.1, -0.05) is 41.1 Å². The molecule has 2 aromatic heterocycles. The van der Waals surface area contributed by atoms with Gasteiger partial charge in [-0.2, -0.15) is 0 Å². The van der Waals surface area contributed by atoms with Crippen LogP contribution in [0.1, 0.15) is 29.6 Å². The Morgan fingerprint density at radius 1 is 0.979 bits per heavy atom. The number of likely N-dealkylation sites (N-methyl/N-ethyl adjacent to an activating group) is 1. The average molecular weight is 690 g/mol. The topological polar surface area (TPSA) is 95.5 Å². The van der Waals surface area contributed by atoms with Gasteiger partial charge in [0.05, 0.1) is 21.3 Å². The maximum Gasteiger partial charge on any atom is 0.261 e. The minimum atomic E-state index is -0.934. The van der Waals surface area contributed by atoms with Crippen LogP contribution in [0.15, 0.2) is 72.9 Å². The lowest BCUT2D eigenvalue weighted by Gasteiger charge is -2.25. The van der Waals surface area contributed by atoms with E-state index >= 15 is 0 Å². The van der Waals surface area contributed by atoms with Crippen molar-refractivity contribution in [1.82, 2.24) is 19.9 Å². The normalized spacial score (nSPS) is 13.1. The van der Waals surface area contributed by atoms with Crippen LogP contribution in [0.25, 0.3) is 21.8 Å². The predicted molar refractivity (Wildman–Crippen MR) is 188 cm³/mol. The van der Waals surface area contributed by atoms with E-state index in [4.69, 9.17) is 26.3 Å². The van der Waals surface area contributed by atoms with Crippen molar-refractivity contribution in [2.24, 2.45) is 0 Å². The second kappa shape index (κ2) is 15.1. The van der Waals surface area contributed by atoms with Crippen molar-refractivity contribution in [1.29, 1.82) is 0 Å². The summed E-state index contributed by atoms with van der Waals surface area (Å²) in [7, 11) is 3.96. The molecule has 2 N–H and O–H groups in total. The van der Waals surface area contributed by atoms with E-state index in [1.807, 2.05) is 43.3 Å². The summed E-state index contributed by atoms with van der Waals surface area (Å²) < 4.78 is 34.4. The monoisotopic (exact) mass is 689 g/mol. The number of hydrogen-bond donors (Lipinski definition) is 2. The molecule has 0 unspecified atom stereocenters. The summed E-state index contributed by atoms with van der Waals surface area (Å²) in [5.41, 5.74) is 2.46. The van der Waals surface area contributed by atoms with Crippen molar-refractivity contribution >= 4 is 51.3 Å². The summed E-state index contributed by atoms with van der Waals surface area (Å²) in [6, 6.07) is 17.6. The first-order valence-electron chi connectivity index (χ1n) is 15.5. The van der Waals surface area contributed by atoms with Gasteiger partial charge in [0, 0.05) is 42.8 Å². The lowest BCUT2D eigenvalue weighted by Crippen LogP contribution is -2.29. The van der Waals surface area contributed by atoms with Crippen molar-refractivity contribution in [2.75, 3.05) is 55.9 Å². The molecule has 1 aliphatic heterocycles. The molecule has 0 aliphatic carbocycles. The maximum absolute atomic E-state index is 14.3. The number of hydrogen-bond acceptors (Lipinski definition) is 9. The molecule has 1 saturated heterocycles. The molecule has 0 radical (unpaired) electrons. The highest BCUT2D eigenvalue weighted by atomic mass is 35.5. The van der Waals surface area contributed by atoms with Crippen LogP contribution < -0.4 is 20.3 Å². The lowest BCUT2D eigenvalue weighted by atomic mass is 10.1. The fraction of sp³-hybridized carbons (Fsp3) is 0.257. The highest BCUT2D eigenvalue weighted by Crippen LogP contribution is 2.41. The van der Waals surface area contributed by atoms with Gasteiger partial charge < -0.3 is 25.2 Å². The van der Waals surface area contributed by atoms with Gasteiger partial charge in [-0.05, 0) is 81.9 Å². The number of ether oxygens (including phenoxy) is 1. The molecule has 9 nitrogen and oxygen atoms in total. The molecule has 6 rings (SSSR count). The Kier molecular flexibility index (Phi) is 10.4. The molecule has 248 valence electrons. The fourth-order valence-corrected chi connectivity index (χ4v) is 6.60. The Labute approximate surface area is 286 Å². The van der Waals surface area contributed by atoms with Crippen LogP contribution in [-0.2, 0) is 0 Å². The number of carbonyl (C=O) groups excluding carboxylic acids is 1. The van der Waals surface area contributed by atoms with Crippen molar-refractivity contribution < 1.29 is 18.3 Å². The van der Waals surface area contributed by atoms with Crippen molar-refractivity contribution in [3.8, 4) is 27.6 Å². The molecule has 48 heavy (non-hydrogen) atoms. The van der Waals surface area contributed by atoms with Gasteiger partial charge in [0.25, 0.3) is 5.91 Å². The summed E-state index contributed by atoms with van der Waals surface area (Å²) >= 11 is 8.04. The first-order chi connectivity index (χ1) is 23.2. The number of aromatic nitrogens is 3. The van der Waals surface area contributed by atoms with Crippen molar-refractivity contribution in [3.63, 3.8) is 0 Å². The molecule has 3 aromatic carbocycles. The largest absolute Gasteiger partial charge is 0.491 e. The smallest absolute Gasteiger partial charge is 0.261 e. The van der Waals surface area contributed by atoms with E-state index < -0.39 is 23.1 Å². The van der Waals surface area contributed by atoms with Gasteiger partial charge in [-0.25, -0.2) is 23.7 Å². The summed E-state index contributed by atoms with van der Waals surface area (Å²) in [4.78, 5) is 32.3. The zero-order valence-corrected chi connectivity index (χ0v) is 28.0. The minimum Gasteiger partial charge on any atom is -0.491 e. The number of amides is 1. The van der Waals surface area contributed by atoms with E-state index in [9.17, 15) is 13.6 Å². The molecule has 0 saturated carbocycles. The highest BCUT2D eigenvalue weighted by molar-refractivity contribution is 7.19. The van der Waals surface area contributed by atoms with E-state index in [-0.39, 0.29) is 0 Å². The molecular formula is C35H34ClF2N7O2S. The van der Waals surface area contributed by atoms with Gasteiger partial charge in [-0.3, -0.25) is 4.79 Å². The predicted octanol–water partition coefficient (Wildman–Crippen LogP) is 8.13. The quantitative estimate of drug-likeness (QED) is 0.144. The summed E-state index contributed by atoms with van der Waals surface area (Å²) in [6.07, 6.45) is 5.03. The van der Waals surface area contributed by atoms with E-state index in [0.717, 1.165) is 54.6 Å². The third-order valence-corrected chi connectivity index (χ3v) is 9.13. The summed E-state index contributed by atoms with van der Waals surface area (Å²) in [5.74, 6) is -1.78. The number of anilines is 4. The third kappa shape index (κ3) is 7.89. The molecule has 13 heteroatoms. The van der Waals surface area contributed by atoms with Gasteiger partial charge in [0.2, 0.25) is 5.95 Å². The molecule has 1 fully saturated rings. The number of nitrogens with one attached hydrogen (secondary N) is 2. The van der Waals surface area contributed by atoms with Crippen LogP contribution in [0.5, 0.6) is 5.75 Å². The van der Waals surface area contributed by atoms with E-state index in [1.165, 1.54) is 23.8 Å². The number of benzene rings is 3. The van der Waals surface area contributed by atoms with E-state index in [0.29, 0.717) is 51.7 Å². The third-order valence-electron chi connectivity index (χ3n) is 7.70. The van der Waals surface area contributed by atoms with Crippen LogP contribution in [0.2, 0.25) is 5.02 Å². The fourth-order valence-electron chi connectivity index (χ4n) is 5.26. The molecule has 1 amide bonds. The Morgan fingerprint density at radius 2 is 1.75 bits per heavy atom. The number of rotatable bonds is 11. The molecule has 0 spiro atoms. The van der Waals surface area contributed by atoms with Gasteiger partial charge in [0.1, 0.15) is 29.6 Å². The molecular weight excluding hydrogens is 656 g/mol. The van der Waals surface area contributed by atoms with Crippen LogP contribution in [0, 0.1) is 11.6 Å². The standard InChI is InChI=1S/C35H34ClF2N7O2S/c1-44(2)18-19-47-29-13-12-24(21-25(29)36)41-34-39-15-14-28(42-34)32-31(43-35(48-32)45-16-4-3-5-17-45)22-8-6-9-23(20-22)40-33(46)30-26(37)10-7-11-27(30)38/h6-15,20-21H,3-5,16-19H2,1-2H3,(H,40,46)(H,39,41,42). The molecule has 0 atom stereocenters. The number of piperidine rings is 1. The lowest BCUT2D eigenvalue weighted by molar-refractivity contribution is 0.101. The summed E-state index contributed by atoms with van der Waals surface area (Å²) in [6.45, 7) is 3.09.